The van der Waals surface area contributed by atoms with Gasteiger partial charge in [-0.05, 0) is 13.0 Å². The van der Waals surface area contributed by atoms with Gasteiger partial charge in [0.25, 0.3) is 0 Å². The van der Waals surface area contributed by atoms with Crippen LogP contribution in [0, 0.1) is 5.92 Å². The first-order valence-electron chi connectivity index (χ1n) is 6.82. The maximum atomic E-state index is 12.3. The number of hydrogen-bond acceptors (Lipinski definition) is 3. The second-order valence-electron chi connectivity index (χ2n) is 5.01. The van der Waals surface area contributed by atoms with Crippen molar-refractivity contribution in [3.8, 4) is 0 Å². The van der Waals surface area contributed by atoms with E-state index in [1.54, 1.807) is 17.7 Å². The molecular weight excluding hydrogens is 254 g/mol. The highest BCUT2D eigenvalue weighted by atomic mass is 16.5. The van der Waals surface area contributed by atoms with Crippen LogP contribution in [-0.4, -0.2) is 22.9 Å². The van der Waals surface area contributed by atoms with Crippen LogP contribution >= 0.6 is 0 Å². The van der Waals surface area contributed by atoms with Crippen molar-refractivity contribution >= 4 is 22.7 Å². The molecule has 1 heterocycles. The van der Waals surface area contributed by atoms with Crippen molar-refractivity contribution in [2.24, 2.45) is 5.92 Å². The predicted molar refractivity (Wildman–Crippen MR) is 77.7 cm³/mol. The number of ketones is 1. The predicted octanol–water partition coefficient (Wildman–Crippen LogP) is 3.04. The third kappa shape index (κ3) is 2.74. The van der Waals surface area contributed by atoms with Crippen molar-refractivity contribution in [2.75, 3.05) is 6.61 Å². The molecule has 0 atom stereocenters. The molecule has 0 spiro atoms. The molecule has 1 aromatic carbocycles. The fourth-order valence-corrected chi connectivity index (χ4v) is 2.23. The first-order chi connectivity index (χ1) is 9.54. The van der Waals surface area contributed by atoms with E-state index >= 15 is 0 Å². The summed E-state index contributed by atoms with van der Waals surface area (Å²) in [6, 6.07) is 7.61. The van der Waals surface area contributed by atoms with Crippen LogP contribution in [0.3, 0.4) is 0 Å². The number of Topliss-reactive ketones (excluding diaryl/α,β-unsaturated/α-hetero) is 1. The lowest BCUT2D eigenvalue weighted by Gasteiger charge is -2.04. The Kier molecular flexibility index (Phi) is 4.23. The number of rotatable bonds is 5. The topological polar surface area (TPSA) is 48.3 Å². The van der Waals surface area contributed by atoms with Crippen molar-refractivity contribution in [1.29, 1.82) is 0 Å². The second-order valence-corrected chi connectivity index (χ2v) is 5.01. The SMILES string of the molecule is CCOC(=O)Cn1cc(C(=O)C(C)C)c2ccccc21. The van der Waals surface area contributed by atoms with Gasteiger partial charge in [-0.15, -0.1) is 0 Å². The van der Waals surface area contributed by atoms with Gasteiger partial charge in [-0.3, -0.25) is 9.59 Å². The molecule has 0 saturated heterocycles. The standard InChI is InChI=1S/C16H19NO3/c1-4-20-15(18)10-17-9-13(16(19)11(2)3)12-7-5-6-8-14(12)17/h5-9,11H,4,10H2,1-3H3. The smallest absolute Gasteiger partial charge is 0.325 e. The number of carbonyl (C=O) groups is 2. The third-order valence-corrected chi connectivity index (χ3v) is 3.18. The monoisotopic (exact) mass is 273 g/mol. The van der Waals surface area contributed by atoms with Crippen LogP contribution in [0.5, 0.6) is 0 Å². The van der Waals surface area contributed by atoms with E-state index in [-0.39, 0.29) is 24.2 Å². The molecule has 1 aromatic heterocycles. The molecule has 4 heteroatoms. The summed E-state index contributed by atoms with van der Waals surface area (Å²) in [6.45, 7) is 6.01. The molecule has 0 aliphatic rings. The molecule has 0 fully saturated rings. The Morgan fingerprint density at radius 1 is 1.25 bits per heavy atom. The zero-order chi connectivity index (χ0) is 14.7. The quantitative estimate of drug-likeness (QED) is 0.621. The van der Waals surface area contributed by atoms with Crippen LogP contribution in [0.15, 0.2) is 30.5 Å². The molecular formula is C16H19NO3. The molecule has 0 unspecified atom stereocenters. The van der Waals surface area contributed by atoms with Crippen LogP contribution < -0.4 is 0 Å². The highest BCUT2D eigenvalue weighted by Crippen LogP contribution is 2.23. The van der Waals surface area contributed by atoms with Gasteiger partial charge >= 0.3 is 5.97 Å². The maximum absolute atomic E-state index is 12.3. The van der Waals surface area contributed by atoms with Gasteiger partial charge in [-0.1, -0.05) is 32.0 Å². The van der Waals surface area contributed by atoms with Crippen LogP contribution in [0.2, 0.25) is 0 Å². The van der Waals surface area contributed by atoms with Gasteiger partial charge in [0.1, 0.15) is 6.54 Å². The van der Waals surface area contributed by atoms with Gasteiger partial charge in [-0.25, -0.2) is 0 Å². The highest BCUT2D eigenvalue weighted by Gasteiger charge is 2.18. The Bertz CT molecular complexity index is 640. The molecule has 106 valence electrons. The van der Waals surface area contributed by atoms with E-state index in [1.165, 1.54) is 0 Å². The number of nitrogens with zero attached hydrogens (tertiary/aromatic N) is 1. The molecule has 0 saturated carbocycles. The van der Waals surface area contributed by atoms with Crippen molar-refractivity contribution in [3.63, 3.8) is 0 Å². The summed E-state index contributed by atoms with van der Waals surface area (Å²) < 4.78 is 6.75. The van der Waals surface area contributed by atoms with Gasteiger partial charge in [0.2, 0.25) is 0 Å². The van der Waals surface area contributed by atoms with Gasteiger partial charge in [-0.2, -0.15) is 0 Å². The summed E-state index contributed by atoms with van der Waals surface area (Å²) in [5.41, 5.74) is 1.55. The lowest BCUT2D eigenvalue weighted by atomic mass is 10.0. The highest BCUT2D eigenvalue weighted by molar-refractivity contribution is 6.09. The minimum atomic E-state index is -0.295. The molecule has 0 aliphatic heterocycles. The Balaban J connectivity index is 2.46. The second kappa shape index (κ2) is 5.90. The molecule has 0 bridgehead atoms. The molecule has 4 nitrogen and oxygen atoms in total. The zero-order valence-corrected chi connectivity index (χ0v) is 12.1. The van der Waals surface area contributed by atoms with E-state index in [1.807, 2.05) is 38.1 Å². The summed E-state index contributed by atoms with van der Waals surface area (Å²) in [7, 11) is 0. The van der Waals surface area contributed by atoms with Crippen LogP contribution in [-0.2, 0) is 16.1 Å². The molecule has 2 rings (SSSR count). The Morgan fingerprint density at radius 2 is 1.95 bits per heavy atom. The van der Waals surface area contributed by atoms with Crippen LogP contribution in [0.1, 0.15) is 31.1 Å². The molecule has 2 aromatic rings. The average molecular weight is 273 g/mol. The lowest BCUT2D eigenvalue weighted by Crippen LogP contribution is -2.13. The molecule has 0 N–H and O–H groups in total. The van der Waals surface area contributed by atoms with E-state index in [0.29, 0.717) is 12.2 Å². The van der Waals surface area contributed by atoms with Gasteiger partial charge < -0.3 is 9.30 Å². The van der Waals surface area contributed by atoms with Gasteiger partial charge in [0.05, 0.1) is 6.61 Å². The number of ether oxygens (including phenoxy) is 1. The fourth-order valence-electron chi connectivity index (χ4n) is 2.23. The van der Waals surface area contributed by atoms with E-state index in [9.17, 15) is 9.59 Å². The van der Waals surface area contributed by atoms with E-state index in [2.05, 4.69) is 0 Å². The first-order valence-corrected chi connectivity index (χ1v) is 6.82. The Morgan fingerprint density at radius 3 is 2.60 bits per heavy atom. The number of hydrogen-bond donors (Lipinski definition) is 0. The van der Waals surface area contributed by atoms with Gasteiger partial charge in [0.15, 0.2) is 5.78 Å². The molecule has 0 radical (unpaired) electrons. The normalized spacial score (nSPS) is 11.0. The number of carbonyl (C=O) groups excluding carboxylic acids is 2. The summed E-state index contributed by atoms with van der Waals surface area (Å²) in [5.74, 6) is -0.280. The zero-order valence-electron chi connectivity index (χ0n) is 12.1. The number of esters is 1. The lowest BCUT2D eigenvalue weighted by molar-refractivity contribution is -0.143. The molecule has 0 aliphatic carbocycles. The summed E-state index contributed by atoms with van der Waals surface area (Å²) in [5, 5.41) is 0.885. The van der Waals surface area contributed by atoms with Crippen molar-refractivity contribution in [1.82, 2.24) is 4.57 Å². The van der Waals surface area contributed by atoms with Crippen molar-refractivity contribution in [2.45, 2.75) is 27.3 Å². The van der Waals surface area contributed by atoms with E-state index in [0.717, 1.165) is 10.9 Å². The largest absolute Gasteiger partial charge is 0.465 e. The van der Waals surface area contributed by atoms with Crippen LogP contribution in [0.4, 0.5) is 0 Å². The summed E-state index contributed by atoms with van der Waals surface area (Å²) in [4.78, 5) is 23.9. The van der Waals surface area contributed by atoms with E-state index < -0.39 is 0 Å². The maximum Gasteiger partial charge on any atom is 0.325 e. The third-order valence-electron chi connectivity index (χ3n) is 3.18. The minimum Gasteiger partial charge on any atom is -0.465 e. The number of benzene rings is 1. The van der Waals surface area contributed by atoms with E-state index in [4.69, 9.17) is 4.74 Å². The van der Waals surface area contributed by atoms with Crippen molar-refractivity contribution < 1.29 is 14.3 Å². The van der Waals surface area contributed by atoms with Gasteiger partial charge in [0, 0.05) is 28.6 Å². The minimum absolute atomic E-state index is 0.0724. The molecule has 0 amide bonds. The van der Waals surface area contributed by atoms with Crippen molar-refractivity contribution in [3.05, 3.63) is 36.0 Å². The fraction of sp³-hybridized carbons (Fsp3) is 0.375. The number of aromatic nitrogens is 1. The molecule has 20 heavy (non-hydrogen) atoms. The Hall–Kier alpha value is -2.10. The van der Waals surface area contributed by atoms with Crippen LogP contribution in [0.25, 0.3) is 10.9 Å². The average Bonchev–Trinajstić information content (AvgIpc) is 2.77. The first kappa shape index (κ1) is 14.3. The number of para-hydroxylation sites is 1. The Labute approximate surface area is 118 Å². The summed E-state index contributed by atoms with van der Waals surface area (Å²) in [6.07, 6.45) is 1.75. The number of fused-ring (bicyclic) bond motifs is 1. The summed E-state index contributed by atoms with van der Waals surface area (Å²) >= 11 is 0.